The molecule has 0 bridgehead atoms. The molecule has 118 valence electrons. The second kappa shape index (κ2) is 5.28. The molecule has 0 saturated carbocycles. The van der Waals surface area contributed by atoms with Crippen LogP contribution in [0.15, 0.2) is 83.7 Å². The van der Waals surface area contributed by atoms with Gasteiger partial charge in [0.15, 0.2) is 5.43 Å². The Hall–Kier alpha value is -3.46. The van der Waals surface area contributed by atoms with Gasteiger partial charge >= 0.3 is 0 Å². The molecule has 1 N–H and O–H groups in total. The van der Waals surface area contributed by atoms with E-state index in [1.165, 1.54) is 0 Å². The molecule has 0 unspecified atom stereocenters. The van der Waals surface area contributed by atoms with Gasteiger partial charge in [-0.3, -0.25) is 4.79 Å². The Morgan fingerprint density at radius 2 is 1.40 bits per heavy atom. The molecule has 0 aliphatic rings. The van der Waals surface area contributed by atoms with Gasteiger partial charge in [-0.05, 0) is 23.8 Å². The van der Waals surface area contributed by atoms with Gasteiger partial charge < -0.3 is 4.98 Å². The molecule has 0 radical (unpaired) electrons. The highest BCUT2D eigenvalue weighted by atomic mass is 16.1. The second-order valence-corrected chi connectivity index (χ2v) is 6.09. The molecular formula is C22H14N2O. The first kappa shape index (κ1) is 13.9. The Labute approximate surface area is 143 Å². The number of nitrogens with zero attached hydrogens (tertiary/aromatic N) is 1. The van der Waals surface area contributed by atoms with Crippen molar-refractivity contribution in [3.63, 3.8) is 0 Å². The molecule has 5 aromatic rings. The summed E-state index contributed by atoms with van der Waals surface area (Å²) >= 11 is 0. The van der Waals surface area contributed by atoms with Gasteiger partial charge in [-0.2, -0.15) is 0 Å². The van der Waals surface area contributed by atoms with Crippen LogP contribution in [0.25, 0.3) is 44.0 Å². The average molecular weight is 322 g/mol. The molecule has 3 aromatic carbocycles. The molecule has 2 heterocycles. The summed E-state index contributed by atoms with van der Waals surface area (Å²) in [5.74, 6) is 0. The third kappa shape index (κ3) is 2.06. The van der Waals surface area contributed by atoms with Crippen molar-refractivity contribution in [2.45, 2.75) is 0 Å². The van der Waals surface area contributed by atoms with E-state index >= 15 is 0 Å². The summed E-state index contributed by atoms with van der Waals surface area (Å²) in [6, 6.07) is 25.6. The van der Waals surface area contributed by atoms with Crippen LogP contribution in [0.2, 0.25) is 0 Å². The summed E-state index contributed by atoms with van der Waals surface area (Å²) in [6.07, 6.45) is 0. The Morgan fingerprint density at radius 1 is 0.720 bits per heavy atom. The molecule has 0 saturated heterocycles. The maximum atomic E-state index is 13.3. The molecular weight excluding hydrogens is 308 g/mol. The van der Waals surface area contributed by atoms with Gasteiger partial charge in [-0.1, -0.05) is 60.7 Å². The summed E-state index contributed by atoms with van der Waals surface area (Å²) in [4.78, 5) is 21.3. The molecule has 0 amide bonds. The van der Waals surface area contributed by atoms with Crippen LogP contribution in [0.1, 0.15) is 0 Å². The maximum Gasteiger partial charge on any atom is 0.199 e. The number of hydrogen-bond donors (Lipinski definition) is 1. The van der Waals surface area contributed by atoms with Gasteiger partial charge in [0.2, 0.25) is 0 Å². The third-order valence-corrected chi connectivity index (χ3v) is 4.61. The van der Waals surface area contributed by atoms with Crippen molar-refractivity contribution in [3.05, 3.63) is 89.1 Å². The number of rotatable bonds is 1. The number of hydrogen-bond acceptors (Lipinski definition) is 2. The van der Waals surface area contributed by atoms with Crippen LogP contribution in [-0.4, -0.2) is 9.97 Å². The molecule has 5 rings (SSSR count). The summed E-state index contributed by atoms with van der Waals surface area (Å²) < 4.78 is 0. The smallest absolute Gasteiger partial charge is 0.199 e. The van der Waals surface area contributed by atoms with Crippen molar-refractivity contribution in [2.75, 3.05) is 0 Å². The van der Waals surface area contributed by atoms with Crippen LogP contribution < -0.4 is 5.43 Å². The van der Waals surface area contributed by atoms with Gasteiger partial charge in [0.05, 0.1) is 16.4 Å². The van der Waals surface area contributed by atoms with Crippen LogP contribution in [0, 0.1) is 0 Å². The molecule has 0 atom stereocenters. The lowest BCUT2D eigenvalue weighted by atomic mass is 9.96. The zero-order valence-electron chi connectivity index (χ0n) is 13.4. The van der Waals surface area contributed by atoms with Gasteiger partial charge in [0.1, 0.15) is 5.65 Å². The first-order valence-corrected chi connectivity index (χ1v) is 8.22. The quantitative estimate of drug-likeness (QED) is 0.446. The maximum absolute atomic E-state index is 13.3. The largest absolute Gasteiger partial charge is 0.339 e. The van der Waals surface area contributed by atoms with Crippen LogP contribution >= 0.6 is 0 Å². The number of aromatic nitrogens is 2. The molecule has 3 nitrogen and oxygen atoms in total. The lowest BCUT2D eigenvalue weighted by Gasteiger charge is -2.11. The highest BCUT2D eigenvalue weighted by molar-refractivity contribution is 6.10. The lowest BCUT2D eigenvalue weighted by molar-refractivity contribution is 1.37. The van der Waals surface area contributed by atoms with E-state index in [0.717, 1.165) is 27.5 Å². The van der Waals surface area contributed by atoms with E-state index < -0.39 is 0 Å². The topological polar surface area (TPSA) is 45.8 Å². The fourth-order valence-electron chi connectivity index (χ4n) is 3.48. The number of benzene rings is 3. The van der Waals surface area contributed by atoms with E-state index in [-0.39, 0.29) is 5.43 Å². The van der Waals surface area contributed by atoms with Crippen LogP contribution in [0.3, 0.4) is 0 Å². The number of nitrogens with one attached hydrogen (secondary N) is 1. The van der Waals surface area contributed by atoms with E-state index in [9.17, 15) is 4.79 Å². The highest BCUT2D eigenvalue weighted by Gasteiger charge is 2.15. The summed E-state index contributed by atoms with van der Waals surface area (Å²) in [7, 11) is 0. The fraction of sp³-hybridized carbons (Fsp3) is 0. The molecule has 0 aliphatic heterocycles. The normalized spacial score (nSPS) is 11.4. The number of aromatic amines is 1. The minimum absolute atomic E-state index is 0.0152. The summed E-state index contributed by atoms with van der Waals surface area (Å²) in [6.45, 7) is 0. The summed E-state index contributed by atoms with van der Waals surface area (Å²) in [5.41, 5.74) is 4.28. The molecule has 0 fully saturated rings. The van der Waals surface area contributed by atoms with Crippen molar-refractivity contribution in [1.82, 2.24) is 9.97 Å². The SMILES string of the molecule is O=c1c2ccccc2[nH]c2nc3ccccc3c(-c3ccccc3)c12. The second-order valence-electron chi connectivity index (χ2n) is 6.09. The average Bonchev–Trinajstić information content (AvgIpc) is 2.67. The minimum Gasteiger partial charge on any atom is -0.339 e. The van der Waals surface area contributed by atoms with Crippen LogP contribution in [-0.2, 0) is 0 Å². The Morgan fingerprint density at radius 3 is 2.24 bits per heavy atom. The molecule has 2 aromatic heterocycles. The Kier molecular flexibility index (Phi) is 2.94. The third-order valence-electron chi connectivity index (χ3n) is 4.61. The van der Waals surface area contributed by atoms with E-state index in [0.29, 0.717) is 16.4 Å². The molecule has 0 spiro atoms. The lowest BCUT2D eigenvalue weighted by Crippen LogP contribution is -2.07. The molecule has 0 aliphatic carbocycles. The van der Waals surface area contributed by atoms with Crippen LogP contribution in [0.5, 0.6) is 0 Å². The Balaban J connectivity index is 2.10. The van der Waals surface area contributed by atoms with Gasteiger partial charge in [0, 0.05) is 16.3 Å². The minimum atomic E-state index is 0.0152. The summed E-state index contributed by atoms with van der Waals surface area (Å²) in [5, 5.41) is 2.31. The predicted octanol–water partition coefficient (Wildman–Crippen LogP) is 4.90. The van der Waals surface area contributed by atoms with Crippen molar-refractivity contribution < 1.29 is 0 Å². The standard InChI is InChI=1S/C22H14N2O/c25-21-16-11-5-7-13-18(16)24-22-20(21)19(14-8-2-1-3-9-14)15-10-4-6-12-17(15)23-22/h1-13H,(H,23,24,25). The zero-order valence-corrected chi connectivity index (χ0v) is 13.4. The van der Waals surface area contributed by atoms with Crippen molar-refractivity contribution in [3.8, 4) is 11.1 Å². The zero-order chi connectivity index (χ0) is 16.8. The van der Waals surface area contributed by atoms with Gasteiger partial charge in [-0.15, -0.1) is 0 Å². The predicted molar refractivity (Wildman–Crippen MR) is 103 cm³/mol. The number of para-hydroxylation sites is 2. The van der Waals surface area contributed by atoms with Gasteiger partial charge in [-0.25, -0.2) is 4.98 Å². The first-order valence-electron chi connectivity index (χ1n) is 8.22. The first-order chi connectivity index (χ1) is 12.3. The van der Waals surface area contributed by atoms with Crippen molar-refractivity contribution in [1.29, 1.82) is 0 Å². The fourth-order valence-corrected chi connectivity index (χ4v) is 3.48. The number of fused-ring (bicyclic) bond motifs is 3. The van der Waals surface area contributed by atoms with Crippen molar-refractivity contribution in [2.24, 2.45) is 0 Å². The van der Waals surface area contributed by atoms with E-state index in [1.807, 2.05) is 78.9 Å². The van der Waals surface area contributed by atoms with E-state index in [4.69, 9.17) is 4.98 Å². The number of pyridine rings is 2. The monoisotopic (exact) mass is 322 g/mol. The van der Waals surface area contributed by atoms with Crippen LogP contribution in [0.4, 0.5) is 0 Å². The van der Waals surface area contributed by atoms with E-state index in [1.54, 1.807) is 0 Å². The number of H-pyrrole nitrogens is 1. The van der Waals surface area contributed by atoms with Gasteiger partial charge in [0.25, 0.3) is 0 Å². The molecule has 3 heteroatoms. The van der Waals surface area contributed by atoms with E-state index in [2.05, 4.69) is 4.98 Å². The highest BCUT2D eigenvalue weighted by Crippen LogP contribution is 2.33. The molecule has 25 heavy (non-hydrogen) atoms. The Bertz CT molecular complexity index is 1300. The van der Waals surface area contributed by atoms with Crippen molar-refractivity contribution >= 4 is 32.8 Å².